The summed E-state index contributed by atoms with van der Waals surface area (Å²) in [6.07, 6.45) is 0. The lowest BCUT2D eigenvalue weighted by atomic mass is 10.1. The quantitative estimate of drug-likeness (QED) is 0.708. The predicted octanol–water partition coefficient (Wildman–Crippen LogP) is 2.51. The van der Waals surface area contributed by atoms with Gasteiger partial charge in [-0.05, 0) is 12.1 Å². The number of hydrogen-bond acceptors (Lipinski definition) is 3. The van der Waals surface area contributed by atoms with Crippen LogP contribution < -0.4 is 0 Å². The number of rotatable bonds is 2. The van der Waals surface area contributed by atoms with Crippen LogP contribution in [0.4, 0.5) is 4.39 Å². The number of halogens is 1. The number of thiazole rings is 1. The number of hydrogen-bond donors (Lipinski definition) is 0. The monoisotopic (exact) mass is 207 g/mol. The van der Waals surface area contributed by atoms with Crippen LogP contribution in [-0.4, -0.2) is 10.8 Å². The molecule has 0 aliphatic carbocycles. The van der Waals surface area contributed by atoms with Crippen LogP contribution >= 0.6 is 11.3 Å². The highest BCUT2D eigenvalue weighted by Gasteiger charge is 2.10. The smallest absolute Gasteiger partial charge is 0.212 e. The van der Waals surface area contributed by atoms with Crippen molar-refractivity contribution in [2.45, 2.75) is 0 Å². The number of carbonyl (C=O) groups excluding carboxylic acids is 1. The molecule has 0 aliphatic rings. The molecule has 0 fully saturated rings. The summed E-state index contributed by atoms with van der Waals surface area (Å²) in [4.78, 5) is 15.5. The van der Waals surface area contributed by atoms with E-state index in [0.29, 0.717) is 11.3 Å². The summed E-state index contributed by atoms with van der Waals surface area (Å²) in [7, 11) is 0. The van der Waals surface area contributed by atoms with E-state index >= 15 is 0 Å². The van der Waals surface area contributed by atoms with Gasteiger partial charge in [0.15, 0.2) is 0 Å². The highest BCUT2D eigenvalue weighted by molar-refractivity contribution is 7.07. The molecule has 14 heavy (non-hydrogen) atoms. The van der Waals surface area contributed by atoms with Crippen molar-refractivity contribution in [3.8, 4) is 0 Å². The molecular weight excluding hydrogens is 201 g/mol. The fraction of sp³-hybridized carbons (Fsp3) is 0. The molecule has 0 unspecified atom stereocenters. The van der Waals surface area contributed by atoms with Crippen molar-refractivity contribution in [1.29, 1.82) is 0 Å². The van der Waals surface area contributed by atoms with E-state index in [9.17, 15) is 9.18 Å². The Kier molecular flexibility index (Phi) is 2.37. The molecule has 2 rings (SSSR count). The Balaban J connectivity index is 2.37. The summed E-state index contributed by atoms with van der Waals surface area (Å²) in [5.41, 5.74) is 2.27. The highest BCUT2D eigenvalue weighted by Crippen LogP contribution is 2.11. The minimum absolute atomic E-state index is 0.245. The van der Waals surface area contributed by atoms with Gasteiger partial charge in [0.1, 0.15) is 11.5 Å². The van der Waals surface area contributed by atoms with Gasteiger partial charge in [0, 0.05) is 10.9 Å². The molecule has 2 aromatic rings. The lowest BCUT2D eigenvalue weighted by Gasteiger charge is -1.96. The van der Waals surface area contributed by atoms with E-state index in [-0.39, 0.29) is 5.78 Å². The van der Waals surface area contributed by atoms with E-state index in [1.54, 1.807) is 17.0 Å². The second-order valence-corrected chi connectivity index (χ2v) is 3.43. The van der Waals surface area contributed by atoms with E-state index in [2.05, 4.69) is 4.98 Å². The van der Waals surface area contributed by atoms with Gasteiger partial charge in [0.25, 0.3) is 0 Å². The maximum atomic E-state index is 12.8. The van der Waals surface area contributed by atoms with Crippen LogP contribution in [0.1, 0.15) is 16.1 Å². The van der Waals surface area contributed by atoms with Gasteiger partial charge in [-0.25, -0.2) is 9.37 Å². The van der Waals surface area contributed by atoms with Gasteiger partial charge < -0.3 is 0 Å². The molecule has 0 saturated heterocycles. The Morgan fingerprint density at radius 3 is 2.93 bits per heavy atom. The van der Waals surface area contributed by atoms with Crippen LogP contribution in [0.2, 0.25) is 0 Å². The van der Waals surface area contributed by atoms with Crippen molar-refractivity contribution in [3.63, 3.8) is 0 Å². The molecule has 0 bridgehead atoms. The first kappa shape index (κ1) is 9.02. The summed E-state index contributed by atoms with van der Waals surface area (Å²) in [5, 5.41) is 1.65. The zero-order valence-corrected chi connectivity index (χ0v) is 7.92. The van der Waals surface area contributed by atoms with E-state index in [0.717, 1.165) is 0 Å². The van der Waals surface area contributed by atoms with Crippen molar-refractivity contribution < 1.29 is 9.18 Å². The van der Waals surface area contributed by atoms with Gasteiger partial charge >= 0.3 is 0 Å². The average Bonchev–Trinajstić information content (AvgIpc) is 2.69. The van der Waals surface area contributed by atoms with Crippen molar-refractivity contribution in [1.82, 2.24) is 4.98 Å². The number of aromatic nitrogens is 1. The fourth-order valence-corrected chi connectivity index (χ4v) is 1.63. The third-order valence-corrected chi connectivity index (χ3v) is 2.34. The Morgan fingerprint density at radius 2 is 2.29 bits per heavy atom. The predicted molar refractivity (Wildman–Crippen MR) is 51.9 cm³/mol. The van der Waals surface area contributed by atoms with Crippen molar-refractivity contribution in [2.75, 3.05) is 0 Å². The SMILES string of the molecule is O=C(c1cccc(F)c1)c1cscn1. The molecular formula is C10H6FNOS. The summed E-state index contributed by atoms with van der Waals surface area (Å²) in [5.74, 6) is -0.656. The molecule has 0 atom stereocenters. The van der Waals surface area contributed by atoms with Gasteiger partial charge in [-0.1, -0.05) is 12.1 Å². The third kappa shape index (κ3) is 1.70. The van der Waals surface area contributed by atoms with E-state index in [4.69, 9.17) is 0 Å². The zero-order valence-electron chi connectivity index (χ0n) is 7.11. The van der Waals surface area contributed by atoms with Crippen LogP contribution in [-0.2, 0) is 0 Å². The number of benzene rings is 1. The van der Waals surface area contributed by atoms with E-state index < -0.39 is 5.82 Å². The molecule has 2 nitrogen and oxygen atoms in total. The van der Waals surface area contributed by atoms with Crippen LogP contribution in [0, 0.1) is 5.82 Å². The van der Waals surface area contributed by atoms with Gasteiger partial charge in [0.05, 0.1) is 5.51 Å². The first-order valence-electron chi connectivity index (χ1n) is 3.96. The lowest BCUT2D eigenvalue weighted by Crippen LogP contribution is -2.01. The molecule has 0 aliphatic heterocycles. The Hall–Kier alpha value is -1.55. The topological polar surface area (TPSA) is 30.0 Å². The van der Waals surface area contributed by atoms with Crippen LogP contribution in [0.25, 0.3) is 0 Å². The molecule has 0 amide bonds. The second-order valence-electron chi connectivity index (χ2n) is 2.71. The largest absolute Gasteiger partial charge is 0.287 e. The molecule has 0 saturated carbocycles. The standard InChI is InChI=1S/C10H6FNOS/c11-8-3-1-2-7(4-8)10(13)9-5-14-6-12-9/h1-6H. The molecule has 0 radical (unpaired) electrons. The average molecular weight is 207 g/mol. The fourth-order valence-electron chi connectivity index (χ4n) is 1.10. The second kappa shape index (κ2) is 3.67. The molecule has 0 N–H and O–H groups in total. The van der Waals surface area contributed by atoms with Gasteiger partial charge in [-0.3, -0.25) is 4.79 Å². The summed E-state index contributed by atoms with van der Waals surface area (Å²) in [6.45, 7) is 0. The normalized spacial score (nSPS) is 10.1. The number of nitrogens with zero attached hydrogens (tertiary/aromatic N) is 1. The highest BCUT2D eigenvalue weighted by atomic mass is 32.1. The van der Waals surface area contributed by atoms with E-state index in [1.165, 1.54) is 29.5 Å². The minimum Gasteiger partial charge on any atom is -0.287 e. The molecule has 1 aromatic heterocycles. The Bertz CT molecular complexity index is 453. The molecule has 0 spiro atoms. The summed E-state index contributed by atoms with van der Waals surface area (Å²) in [6, 6.07) is 5.60. The van der Waals surface area contributed by atoms with Gasteiger partial charge in [0.2, 0.25) is 5.78 Å². The number of ketones is 1. The number of carbonyl (C=O) groups is 1. The first-order valence-corrected chi connectivity index (χ1v) is 4.90. The van der Waals surface area contributed by atoms with Gasteiger partial charge in [-0.2, -0.15) is 0 Å². The zero-order chi connectivity index (χ0) is 9.97. The third-order valence-electron chi connectivity index (χ3n) is 1.75. The maximum absolute atomic E-state index is 12.8. The van der Waals surface area contributed by atoms with Crippen LogP contribution in [0.5, 0.6) is 0 Å². The lowest BCUT2D eigenvalue weighted by molar-refractivity contribution is 0.103. The van der Waals surface area contributed by atoms with Crippen molar-refractivity contribution in [2.24, 2.45) is 0 Å². The minimum atomic E-state index is -0.411. The maximum Gasteiger partial charge on any atom is 0.212 e. The summed E-state index contributed by atoms with van der Waals surface area (Å²) >= 11 is 1.34. The van der Waals surface area contributed by atoms with Gasteiger partial charge in [-0.15, -0.1) is 11.3 Å². The van der Waals surface area contributed by atoms with Crippen molar-refractivity contribution in [3.05, 3.63) is 52.2 Å². The van der Waals surface area contributed by atoms with E-state index in [1.807, 2.05) is 0 Å². The van der Waals surface area contributed by atoms with Crippen molar-refractivity contribution >= 4 is 17.1 Å². The van der Waals surface area contributed by atoms with Crippen LogP contribution in [0.15, 0.2) is 35.2 Å². The van der Waals surface area contributed by atoms with Crippen LogP contribution in [0.3, 0.4) is 0 Å². The molecule has 70 valence electrons. The molecule has 1 heterocycles. The summed E-state index contributed by atoms with van der Waals surface area (Å²) < 4.78 is 12.8. The first-order chi connectivity index (χ1) is 6.77. The molecule has 1 aromatic carbocycles. The Morgan fingerprint density at radius 1 is 1.43 bits per heavy atom. The molecule has 4 heteroatoms. The Labute approximate surface area is 84.0 Å².